The van der Waals surface area contributed by atoms with E-state index in [-0.39, 0.29) is 5.91 Å². The molecule has 1 aliphatic carbocycles. The van der Waals surface area contributed by atoms with Gasteiger partial charge in [0.2, 0.25) is 0 Å². The fourth-order valence-electron chi connectivity index (χ4n) is 4.24. The first-order chi connectivity index (χ1) is 14.9. The Labute approximate surface area is 182 Å². The Balaban J connectivity index is 1.37. The minimum Gasteiger partial charge on any atom is -0.398 e. The standard InChI is InChI=1S/C24H29N5O2/c1-14-4-7-19(11-21(14)25)24(30)27-12-17-5-8-18(9-6-17)23-20(13-26-16(3)28-23)22-10-15(2)29-31-22/h4,7,10-11,13,17-18H,5-6,8-9,12,25H2,1-3H3,(H,27,30). The first-order valence-corrected chi connectivity index (χ1v) is 10.8. The number of amides is 1. The average Bonchev–Trinajstić information content (AvgIpc) is 3.20. The highest BCUT2D eigenvalue weighted by molar-refractivity contribution is 5.95. The van der Waals surface area contributed by atoms with E-state index in [9.17, 15) is 4.79 Å². The maximum Gasteiger partial charge on any atom is 0.251 e. The van der Waals surface area contributed by atoms with Crippen molar-refractivity contribution in [1.82, 2.24) is 20.4 Å². The largest absolute Gasteiger partial charge is 0.398 e. The number of anilines is 1. The van der Waals surface area contributed by atoms with E-state index in [1.165, 1.54) is 0 Å². The molecule has 3 N–H and O–H groups in total. The molecule has 31 heavy (non-hydrogen) atoms. The quantitative estimate of drug-likeness (QED) is 0.596. The Hall–Kier alpha value is -3.22. The number of carbonyl (C=O) groups excluding carboxylic acids is 1. The van der Waals surface area contributed by atoms with Crippen LogP contribution in [0.2, 0.25) is 0 Å². The molecular formula is C24H29N5O2. The molecule has 0 spiro atoms. The van der Waals surface area contributed by atoms with Crippen LogP contribution < -0.4 is 11.1 Å². The van der Waals surface area contributed by atoms with E-state index in [0.717, 1.165) is 59.8 Å². The molecule has 0 aliphatic heterocycles. The molecule has 2 aromatic heterocycles. The van der Waals surface area contributed by atoms with Gasteiger partial charge in [-0.05, 0) is 70.1 Å². The number of nitrogens with one attached hydrogen (secondary N) is 1. The van der Waals surface area contributed by atoms with Crippen LogP contribution in [-0.4, -0.2) is 27.6 Å². The van der Waals surface area contributed by atoms with E-state index in [0.29, 0.717) is 29.6 Å². The smallest absolute Gasteiger partial charge is 0.251 e. The van der Waals surface area contributed by atoms with Gasteiger partial charge < -0.3 is 15.6 Å². The highest BCUT2D eigenvalue weighted by Gasteiger charge is 2.27. The molecule has 1 aliphatic rings. The number of nitrogen functional groups attached to an aromatic ring is 1. The molecule has 0 unspecified atom stereocenters. The van der Waals surface area contributed by atoms with Gasteiger partial charge in [-0.1, -0.05) is 11.2 Å². The number of benzene rings is 1. The zero-order valence-corrected chi connectivity index (χ0v) is 18.3. The Morgan fingerprint density at radius 3 is 2.61 bits per heavy atom. The summed E-state index contributed by atoms with van der Waals surface area (Å²) in [7, 11) is 0. The van der Waals surface area contributed by atoms with Gasteiger partial charge in [0.1, 0.15) is 5.82 Å². The van der Waals surface area contributed by atoms with E-state index in [2.05, 4.69) is 15.5 Å². The van der Waals surface area contributed by atoms with Gasteiger partial charge in [0.25, 0.3) is 5.91 Å². The average molecular weight is 420 g/mol. The van der Waals surface area contributed by atoms with Crippen LogP contribution in [-0.2, 0) is 0 Å². The van der Waals surface area contributed by atoms with Crippen molar-refractivity contribution < 1.29 is 9.32 Å². The molecular weight excluding hydrogens is 390 g/mol. The summed E-state index contributed by atoms with van der Waals surface area (Å²) in [5.74, 6) is 2.23. The predicted octanol–water partition coefficient (Wildman–Crippen LogP) is 4.34. The third kappa shape index (κ3) is 4.76. The van der Waals surface area contributed by atoms with Crippen molar-refractivity contribution in [1.29, 1.82) is 0 Å². The number of nitrogens with zero attached hydrogens (tertiary/aromatic N) is 3. The highest BCUT2D eigenvalue weighted by atomic mass is 16.5. The lowest BCUT2D eigenvalue weighted by atomic mass is 9.79. The maximum atomic E-state index is 12.5. The minimum atomic E-state index is -0.0665. The summed E-state index contributed by atoms with van der Waals surface area (Å²) < 4.78 is 5.48. The van der Waals surface area contributed by atoms with E-state index < -0.39 is 0 Å². The molecule has 1 saturated carbocycles. The zero-order chi connectivity index (χ0) is 22.0. The third-order valence-electron chi connectivity index (χ3n) is 6.16. The predicted molar refractivity (Wildman–Crippen MR) is 120 cm³/mol. The summed E-state index contributed by atoms with van der Waals surface area (Å²) >= 11 is 0. The molecule has 7 nitrogen and oxygen atoms in total. The van der Waals surface area contributed by atoms with Crippen LogP contribution in [0.3, 0.4) is 0 Å². The van der Waals surface area contributed by atoms with Crippen molar-refractivity contribution in [3.8, 4) is 11.3 Å². The molecule has 0 atom stereocenters. The normalized spacial score (nSPS) is 18.7. The van der Waals surface area contributed by atoms with Crippen LogP contribution in [0.1, 0.15) is 64.7 Å². The summed E-state index contributed by atoms with van der Waals surface area (Å²) in [5, 5.41) is 7.09. The number of aromatic nitrogens is 3. The van der Waals surface area contributed by atoms with Gasteiger partial charge in [-0.2, -0.15) is 0 Å². The summed E-state index contributed by atoms with van der Waals surface area (Å²) in [6.07, 6.45) is 5.97. The number of nitrogens with two attached hydrogens (primary N) is 1. The number of carbonyl (C=O) groups is 1. The lowest BCUT2D eigenvalue weighted by molar-refractivity contribution is 0.0943. The Kier molecular flexibility index (Phi) is 6.02. The van der Waals surface area contributed by atoms with Gasteiger partial charge in [-0.3, -0.25) is 4.79 Å². The molecule has 4 rings (SSSR count). The first kappa shape index (κ1) is 21.0. The molecule has 162 valence electrons. The third-order valence-corrected chi connectivity index (χ3v) is 6.16. The van der Waals surface area contributed by atoms with Gasteiger partial charge in [-0.25, -0.2) is 9.97 Å². The second kappa shape index (κ2) is 8.88. The Morgan fingerprint density at radius 1 is 1.16 bits per heavy atom. The molecule has 3 aromatic rings. The zero-order valence-electron chi connectivity index (χ0n) is 18.3. The highest BCUT2D eigenvalue weighted by Crippen LogP contribution is 2.38. The fourth-order valence-corrected chi connectivity index (χ4v) is 4.24. The van der Waals surface area contributed by atoms with E-state index in [4.69, 9.17) is 15.2 Å². The number of hydrogen-bond donors (Lipinski definition) is 2. The molecule has 0 radical (unpaired) electrons. The van der Waals surface area contributed by atoms with Crippen molar-refractivity contribution in [2.45, 2.75) is 52.4 Å². The fraction of sp³-hybridized carbons (Fsp3) is 0.417. The molecule has 1 aromatic carbocycles. The van der Waals surface area contributed by atoms with Crippen LogP contribution >= 0.6 is 0 Å². The first-order valence-electron chi connectivity index (χ1n) is 10.8. The van der Waals surface area contributed by atoms with Gasteiger partial charge in [-0.15, -0.1) is 0 Å². The van der Waals surface area contributed by atoms with Gasteiger partial charge in [0, 0.05) is 36.0 Å². The summed E-state index contributed by atoms with van der Waals surface area (Å²) in [5.41, 5.74) is 11.0. The SMILES string of the molecule is Cc1cc(-c2cnc(C)nc2C2CCC(CNC(=O)c3ccc(C)c(N)c3)CC2)on1. The Morgan fingerprint density at radius 2 is 1.94 bits per heavy atom. The topological polar surface area (TPSA) is 107 Å². The summed E-state index contributed by atoms with van der Waals surface area (Å²) in [6, 6.07) is 7.37. The van der Waals surface area contributed by atoms with Crippen molar-refractivity contribution in [2.75, 3.05) is 12.3 Å². The van der Waals surface area contributed by atoms with Gasteiger partial charge in [0.05, 0.1) is 17.0 Å². The second-order valence-corrected chi connectivity index (χ2v) is 8.55. The minimum absolute atomic E-state index is 0.0665. The molecule has 1 amide bonds. The van der Waals surface area contributed by atoms with Crippen LogP contribution in [0.4, 0.5) is 5.69 Å². The maximum absolute atomic E-state index is 12.5. The van der Waals surface area contributed by atoms with E-state index in [1.807, 2.05) is 45.2 Å². The summed E-state index contributed by atoms with van der Waals surface area (Å²) in [4.78, 5) is 21.6. The molecule has 0 saturated heterocycles. The van der Waals surface area contributed by atoms with Crippen molar-refractivity contribution >= 4 is 11.6 Å². The van der Waals surface area contributed by atoms with Crippen LogP contribution in [0.5, 0.6) is 0 Å². The van der Waals surface area contributed by atoms with Gasteiger partial charge >= 0.3 is 0 Å². The van der Waals surface area contributed by atoms with Crippen molar-refractivity contribution in [2.24, 2.45) is 5.92 Å². The molecule has 2 heterocycles. The lowest BCUT2D eigenvalue weighted by Gasteiger charge is -2.29. The van der Waals surface area contributed by atoms with E-state index >= 15 is 0 Å². The number of aryl methyl sites for hydroxylation is 3. The van der Waals surface area contributed by atoms with Gasteiger partial charge in [0.15, 0.2) is 5.76 Å². The van der Waals surface area contributed by atoms with Crippen LogP contribution in [0.25, 0.3) is 11.3 Å². The van der Waals surface area contributed by atoms with Crippen molar-refractivity contribution in [3.63, 3.8) is 0 Å². The number of rotatable bonds is 5. The Bertz CT molecular complexity index is 1080. The van der Waals surface area contributed by atoms with E-state index in [1.54, 1.807) is 6.07 Å². The van der Waals surface area contributed by atoms with Crippen LogP contribution in [0.15, 0.2) is 35.0 Å². The molecule has 0 bridgehead atoms. The summed E-state index contributed by atoms with van der Waals surface area (Å²) in [6.45, 7) is 6.43. The van der Waals surface area contributed by atoms with Crippen LogP contribution in [0, 0.1) is 26.7 Å². The lowest BCUT2D eigenvalue weighted by Crippen LogP contribution is -2.31. The number of hydrogen-bond acceptors (Lipinski definition) is 6. The molecule has 7 heteroatoms. The molecule has 1 fully saturated rings. The second-order valence-electron chi connectivity index (χ2n) is 8.55. The monoisotopic (exact) mass is 419 g/mol. The van der Waals surface area contributed by atoms with Crippen molar-refractivity contribution in [3.05, 3.63) is 58.8 Å².